The third kappa shape index (κ3) is 1.90. The van der Waals surface area contributed by atoms with Gasteiger partial charge in [-0.25, -0.2) is 15.0 Å². The SMILES string of the molecule is OCC1(CO)C[C@H]2CC[C@@H]1[C@H](n1cnc3c(Cl)ncnc31)C2. The quantitative estimate of drug-likeness (QED) is 0.842. The van der Waals surface area contributed by atoms with Crippen LogP contribution in [0, 0.1) is 17.3 Å². The molecule has 0 radical (unpaired) electrons. The van der Waals surface area contributed by atoms with Gasteiger partial charge in [0, 0.05) is 11.5 Å². The number of halogens is 1. The summed E-state index contributed by atoms with van der Waals surface area (Å²) in [7, 11) is 0. The Morgan fingerprint density at radius 1 is 1.23 bits per heavy atom. The van der Waals surface area contributed by atoms with Crippen LogP contribution in [0.25, 0.3) is 11.2 Å². The first-order chi connectivity index (χ1) is 10.7. The van der Waals surface area contributed by atoms with Crippen molar-refractivity contribution in [2.45, 2.75) is 31.7 Å². The van der Waals surface area contributed by atoms with E-state index < -0.39 is 0 Å². The minimum Gasteiger partial charge on any atom is -0.396 e. The van der Waals surface area contributed by atoms with Crippen molar-refractivity contribution in [2.24, 2.45) is 17.3 Å². The number of aromatic nitrogens is 4. The van der Waals surface area contributed by atoms with Gasteiger partial charge in [0.05, 0.1) is 19.5 Å². The van der Waals surface area contributed by atoms with Crippen molar-refractivity contribution in [3.63, 3.8) is 0 Å². The third-order valence-corrected chi connectivity index (χ3v) is 5.98. The lowest BCUT2D eigenvalue weighted by molar-refractivity contribution is -0.0988. The van der Waals surface area contributed by atoms with Crippen molar-refractivity contribution in [1.29, 1.82) is 0 Å². The van der Waals surface area contributed by atoms with Crippen molar-refractivity contribution >= 4 is 22.8 Å². The highest BCUT2D eigenvalue weighted by Gasteiger charge is 2.52. The van der Waals surface area contributed by atoms with Gasteiger partial charge in [-0.3, -0.25) is 0 Å². The van der Waals surface area contributed by atoms with Gasteiger partial charge in [-0.05, 0) is 37.5 Å². The number of rotatable bonds is 3. The molecule has 7 heteroatoms. The van der Waals surface area contributed by atoms with Gasteiger partial charge < -0.3 is 14.8 Å². The molecular weight excluding hydrogens is 304 g/mol. The van der Waals surface area contributed by atoms with Crippen LogP contribution in [0.3, 0.4) is 0 Å². The summed E-state index contributed by atoms with van der Waals surface area (Å²) in [5, 5.41) is 20.2. The second-order valence-electron chi connectivity index (χ2n) is 6.72. The van der Waals surface area contributed by atoms with Crippen molar-refractivity contribution in [2.75, 3.05) is 13.2 Å². The highest BCUT2D eigenvalue weighted by atomic mass is 35.5. The molecule has 2 aromatic heterocycles. The third-order valence-electron chi connectivity index (χ3n) is 5.71. The number of hydrogen-bond donors (Lipinski definition) is 2. The zero-order valence-electron chi connectivity index (χ0n) is 12.2. The summed E-state index contributed by atoms with van der Waals surface area (Å²) in [4.78, 5) is 12.7. The molecule has 3 saturated carbocycles. The van der Waals surface area contributed by atoms with Crippen LogP contribution in [-0.2, 0) is 0 Å². The van der Waals surface area contributed by atoms with E-state index in [0.29, 0.717) is 16.6 Å². The van der Waals surface area contributed by atoms with Gasteiger partial charge in [0.2, 0.25) is 0 Å². The summed E-state index contributed by atoms with van der Waals surface area (Å²) in [6, 6.07) is 0.197. The van der Waals surface area contributed by atoms with Gasteiger partial charge in [0.15, 0.2) is 10.8 Å². The highest BCUT2D eigenvalue weighted by Crippen LogP contribution is 2.56. The average Bonchev–Trinajstić information content (AvgIpc) is 3.00. The van der Waals surface area contributed by atoms with E-state index >= 15 is 0 Å². The first-order valence-electron chi connectivity index (χ1n) is 7.73. The van der Waals surface area contributed by atoms with Crippen LogP contribution in [-0.4, -0.2) is 42.9 Å². The maximum atomic E-state index is 9.90. The van der Waals surface area contributed by atoms with Gasteiger partial charge in [0.25, 0.3) is 0 Å². The fourth-order valence-electron chi connectivity index (χ4n) is 4.64. The predicted octanol–water partition coefficient (Wildman–Crippen LogP) is 1.81. The minimum absolute atomic E-state index is 0.0313. The largest absolute Gasteiger partial charge is 0.396 e. The molecule has 3 atom stereocenters. The summed E-state index contributed by atoms with van der Waals surface area (Å²) in [6.45, 7) is 0.0626. The Kier molecular flexibility index (Phi) is 3.36. The summed E-state index contributed by atoms with van der Waals surface area (Å²) < 4.78 is 2.07. The van der Waals surface area contributed by atoms with E-state index in [1.54, 1.807) is 6.33 Å². The standard InChI is InChI=1S/C15H19ClN4O2/c16-13-12-14(18-7-17-13)20(8-19-12)11-3-9-1-2-10(11)15(4-9,5-21)6-22/h7-11,21-22H,1-6H2/t9-,10+,11+/m0/s1. The molecule has 0 amide bonds. The van der Waals surface area contributed by atoms with Gasteiger partial charge in [-0.15, -0.1) is 0 Å². The van der Waals surface area contributed by atoms with Crippen LogP contribution in [0.1, 0.15) is 31.7 Å². The normalized spacial score (nSPS) is 30.0. The lowest BCUT2D eigenvalue weighted by Crippen LogP contribution is -2.51. The fraction of sp³-hybridized carbons (Fsp3) is 0.667. The average molecular weight is 323 g/mol. The Hall–Kier alpha value is -1.24. The Bertz CT molecular complexity index is 700. The second-order valence-corrected chi connectivity index (χ2v) is 7.08. The van der Waals surface area contributed by atoms with Crippen LogP contribution in [0.15, 0.2) is 12.7 Å². The second kappa shape index (κ2) is 5.15. The maximum Gasteiger partial charge on any atom is 0.165 e. The van der Waals surface area contributed by atoms with E-state index in [-0.39, 0.29) is 30.6 Å². The zero-order valence-corrected chi connectivity index (χ0v) is 12.9. The Morgan fingerprint density at radius 3 is 2.77 bits per heavy atom. The molecule has 0 aromatic carbocycles. The smallest absolute Gasteiger partial charge is 0.165 e. The van der Waals surface area contributed by atoms with E-state index in [1.165, 1.54) is 12.7 Å². The molecule has 6 nitrogen and oxygen atoms in total. The van der Waals surface area contributed by atoms with E-state index in [2.05, 4.69) is 19.5 Å². The molecule has 2 N–H and O–H groups in total. The topological polar surface area (TPSA) is 84.1 Å². The predicted molar refractivity (Wildman–Crippen MR) is 81.4 cm³/mol. The molecule has 0 spiro atoms. The number of aliphatic hydroxyl groups is 2. The van der Waals surface area contributed by atoms with Crippen molar-refractivity contribution < 1.29 is 10.2 Å². The van der Waals surface area contributed by atoms with Crippen LogP contribution in [0.4, 0.5) is 0 Å². The molecule has 2 bridgehead atoms. The van der Waals surface area contributed by atoms with Crippen LogP contribution in [0.2, 0.25) is 5.15 Å². The highest BCUT2D eigenvalue weighted by molar-refractivity contribution is 6.33. The summed E-state index contributed by atoms with van der Waals surface area (Å²) in [6.07, 6.45) is 7.37. The molecular formula is C15H19ClN4O2. The van der Waals surface area contributed by atoms with E-state index in [4.69, 9.17) is 11.6 Å². The van der Waals surface area contributed by atoms with E-state index in [0.717, 1.165) is 24.9 Å². The Morgan fingerprint density at radius 2 is 2.05 bits per heavy atom. The van der Waals surface area contributed by atoms with Gasteiger partial charge in [-0.1, -0.05) is 11.6 Å². The maximum absolute atomic E-state index is 9.90. The Labute approximate surface area is 133 Å². The molecule has 118 valence electrons. The molecule has 0 aliphatic heterocycles. The van der Waals surface area contributed by atoms with Crippen molar-refractivity contribution in [3.8, 4) is 0 Å². The number of imidazole rings is 1. The molecule has 0 saturated heterocycles. The fourth-order valence-corrected chi connectivity index (χ4v) is 4.82. The molecule has 3 aliphatic rings. The molecule has 0 unspecified atom stereocenters. The van der Waals surface area contributed by atoms with Crippen molar-refractivity contribution in [1.82, 2.24) is 19.5 Å². The molecule has 3 fully saturated rings. The van der Waals surface area contributed by atoms with Crippen molar-refractivity contribution in [3.05, 3.63) is 17.8 Å². The molecule has 22 heavy (non-hydrogen) atoms. The summed E-state index contributed by atoms with van der Waals surface area (Å²) >= 11 is 6.09. The number of aliphatic hydroxyl groups excluding tert-OH is 2. The zero-order chi connectivity index (χ0) is 15.3. The summed E-state index contributed by atoms with van der Waals surface area (Å²) in [5.74, 6) is 0.766. The molecule has 5 rings (SSSR count). The Balaban J connectivity index is 1.80. The lowest BCUT2D eigenvalue weighted by Gasteiger charge is -2.54. The number of nitrogens with zero attached hydrogens (tertiary/aromatic N) is 4. The van der Waals surface area contributed by atoms with Gasteiger partial charge in [-0.2, -0.15) is 0 Å². The lowest BCUT2D eigenvalue weighted by atomic mass is 9.54. The van der Waals surface area contributed by atoms with Crippen LogP contribution >= 0.6 is 11.6 Å². The monoisotopic (exact) mass is 322 g/mol. The first kappa shape index (κ1) is 14.4. The minimum atomic E-state index is -0.390. The van der Waals surface area contributed by atoms with E-state index in [1.807, 2.05) is 0 Å². The van der Waals surface area contributed by atoms with Gasteiger partial charge >= 0.3 is 0 Å². The number of hydrogen-bond acceptors (Lipinski definition) is 5. The van der Waals surface area contributed by atoms with Crippen LogP contribution in [0.5, 0.6) is 0 Å². The van der Waals surface area contributed by atoms with Crippen LogP contribution < -0.4 is 0 Å². The summed E-state index contributed by atoms with van der Waals surface area (Å²) in [5.41, 5.74) is 0.964. The van der Waals surface area contributed by atoms with E-state index in [9.17, 15) is 10.2 Å². The van der Waals surface area contributed by atoms with Gasteiger partial charge in [0.1, 0.15) is 11.8 Å². The number of fused-ring (bicyclic) bond motifs is 4. The first-order valence-corrected chi connectivity index (χ1v) is 8.11. The molecule has 3 aliphatic carbocycles. The molecule has 2 heterocycles. The molecule has 2 aromatic rings.